The molecule has 0 fully saturated rings. The van der Waals surface area contributed by atoms with Gasteiger partial charge in [0.25, 0.3) is 0 Å². The van der Waals surface area contributed by atoms with Gasteiger partial charge in [-0.3, -0.25) is 4.90 Å². The standard InChI is InChI=1S/C19H23N3O/c1-21(2)17-12-10-16(11-13-17)20-19(23)22-14-6-5-8-15-7-3-4-9-18(15)22/h3-4,7,9-13H,5-6,8,14H2,1-2H3,(H,20,23). The number of benzene rings is 2. The van der Waals surface area contributed by atoms with E-state index >= 15 is 0 Å². The van der Waals surface area contributed by atoms with Crippen LogP contribution in [0.2, 0.25) is 0 Å². The molecule has 0 bridgehead atoms. The fraction of sp³-hybridized carbons (Fsp3) is 0.316. The van der Waals surface area contributed by atoms with Gasteiger partial charge in [0, 0.05) is 37.7 Å². The van der Waals surface area contributed by atoms with Gasteiger partial charge in [-0.2, -0.15) is 0 Å². The van der Waals surface area contributed by atoms with E-state index in [1.165, 1.54) is 5.56 Å². The van der Waals surface area contributed by atoms with Crippen molar-refractivity contribution in [2.24, 2.45) is 0 Å². The Morgan fingerprint density at radius 2 is 1.78 bits per heavy atom. The van der Waals surface area contributed by atoms with Crippen molar-refractivity contribution in [3.63, 3.8) is 0 Å². The highest BCUT2D eigenvalue weighted by Crippen LogP contribution is 2.27. The maximum atomic E-state index is 12.7. The number of hydrogen-bond acceptors (Lipinski definition) is 2. The summed E-state index contributed by atoms with van der Waals surface area (Å²) < 4.78 is 0. The Hall–Kier alpha value is -2.49. The quantitative estimate of drug-likeness (QED) is 0.905. The summed E-state index contributed by atoms with van der Waals surface area (Å²) in [5, 5.41) is 3.01. The minimum absolute atomic E-state index is 0.0584. The Morgan fingerprint density at radius 3 is 2.52 bits per heavy atom. The van der Waals surface area contributed by atoms with E-state index in [9.17, 15) is 4.79 Å². The molecule has 0 saturated carbocycles. The van der Waals surface area contributed by atoms with Crippen LogP contribution in [0.15, 0.2) is 48.5 Å². The number of nitrogens with zero attached hydrogens (tertiary/aromatic N) is 2. The molecule has 0 aliphatic carbocycles. The lowest BCUT2D eigenvalue weighted by molar-refractivity contribution is 0.257. The van der Waals surface area contributed by atoms with Crippen LogP contribution >= 0.6 is 0 Å². The van der Waals surface area contributed by atoms with Crippen LogP contribution in [-0.4, -0.2) is 26.7 Å². The van der Waals surface area contributed by atoms with E-state index in [1.54, 1.807) is 0 Å². The van der Waals surface area contributed by atoms with Gasteiger partial charge in [0.15, 0.2) is 0 Å². The van der Waals surface area contributed by atoms with Gasteiger partial charge in [-0.15, -0.1) is 0 Å². The molecular formula is C19H23N3O. The maximum Gasteiger partial charge on any atom is 0.326 e. The van der Waals surface area contributed by atoms with E-state index in [0.29, 0.717) is 0 Å². The molecule has 4 nitrogen and oxygen atoms in total. The average molecular weight is 309 g/mol. The third kappa shape index (κ3) is 3.47. The second-order valence-electron chi connectivity index (χ2n) is 6.11. The molecule has 0 saturated heterocycles. The monoisotopic (exact) mass is 309 g/mol. The molecule has 2 amide bonds. The molecule has 3 rings (SSSR count). The molecule has 1 heterocycles. The molecule has 2 aromatic rings. The van der Waals surface area contributed by atoms with Gasteiger partial charge >= 0.3 is 6.03 Å². The van der Waals surface area contributed by atoms with Gasteiger partial charge in [0.1, 0.15) is 0 Å². The molecule has 0 radical (unpaired) electrons. The number of carbonyl (C=O) groups is 1. The molecular weight excluding hydrogens is 286 g/mol. The lowest BCUT2D eigenvalue weighted by Gasteiger charge is -2.23. The third-order valence-electron chi connectivity index (χ3n) is 4.24. The predicted octanol–water partition coefficient (Wildman–Crippen LogP) is 4.13. The number of amides is 2. The first-order valence-electron chi connectivity index (χ1n) is 8.09. The summed E-state index contributed by atoms with van der Waals surface area (Å²) in [7, 11) is 4.00. The van der Waals surface area contributed by atoms with Gasteiger partial charge < -0.3 is 10.2 Å². The van der Waals surface area contributed by atoms with Crippen molar-refractivity contribution in [2.75, 3.05) is 35.8 Å². The molecule has 1 aliphatic rings. The molecule has 0 unspecified atom stereocenters. The molecule has 1 N–H and O–H groups in total. The zero-order chi connectivity index (χ0) is 16.2. The smallest absolute Gasteiger partial charge is 0.326 e. The van der Waals surface area contributed by atoms with Crippen molar-refractivity contribution < 1.29 is 4.79 Å². The molecule has 120 valence electrons. The van der Waals surface area contributed by atoms with Gasteiger partial charge in [-0.05, 0) is 55.2 Å². The minimum atomic E-state index is -0.0584. The van der Waals surface area contributed by atoms with Gasteiger partial charge in [0.05, 0.1) is 0 Å². The van der Waals surface area contributed by atoms with E-state index in [-0.39, 0.29) is 6.03 Å². The summed E-state index contributed by atoms with van der Waals surface area (Å²) in [6.45, 7) is 0.763. The van der Waals surface area contributed by atoms with Crippen molar-refractivity contribution in [2.45, 2.75) is 19.3 Å². The molecule has 23 heavy (non-hydrogen) atoms. The summed E-state index contributed by atoms with van der Waals surface area (Å²) in [6, 6.07) is 16.0. The van der Waals surface area contributed by atoms with Crippen molar-refractivity contribution in [1.82, 2.24) is 0 Å². The van der Waals surface area contributed by atoms with E-state index in [1.807, 2.05) is 66.4 Å². The lowest BCUT2D eigenvalue weighted by atomic mass is 10.1. The number of hydrogen-bond donors (Lipinski definition) is 1. The Labute approximate surface area is 137 Å². The maximum absolute atomic E-state index is 12.7. The molecule has 2 aromatic carbocycles. The van der Waals surface area contributed by atoms with Crippen LogP contribution in [0.3, 0.4) is 0 Å². The van der Waals surface area contributed by atoms with Crippen LogP contribution in [0, 0.1) is 0 Å². The first-order chi connectivity index (χ1) is 11.1. The van der Waals surface area contributed by atoms with Crippen LogP contribution in [0.5, 0.6) is 0 Å². The zero-order valence-corrected chi connectivity index (χ0v) is 13.7. The average Bonchev–Trinajstić information content (AvgIpc) is 2.77. The molecule has 1 aliphatic heterocycles. The Balaban J connectivity index is 1.77. The fourth-order valence-electron chi connectivity index (χ4n) is 2.94. The van der Waals surface area contributed by atoms with Crippen molar-refractivity contribution >= 4 is 23.1 Å². The van der Waals surface area contributed by atoms with E-state index in [2.05, 4.69) is 11.4 Å². The SMILES string of the molecule is CN(C)c1ccc(NC(=O)N2CCCCc3ccccc32)cc1. The summed E-state index contributed by atoms with van der Waals surface area (Å²) in [6.07, 6.45) is 3.19. The number of para-hydroxylation sites is 1. The first kappa shape index (κ1) is 15.4. The van der Waals surface area contributed by atoms with Crippen LogP contribution in [0.25, 0.3) is 0 Å². The highest BCUT2D eigenvalue weighted by Gasteiger charge is 2.20. The lowest BCUT2D eigenvalue weighted by Crippen LogP contribution is -2.35. The van der Waals surface area contributed by atoms with Crippen molar-refractivity contribution in [3.8, 4) is 0 Å². The second kappa shape index (κ2) is 6.73. The molecule has 4 heteroatoms. The number of rotatable bonds is 2. The molecule has 0 spiro atoms. The summed E-state index contributed by atoms with van der Waals surface area (Å²) in [5.74, 6) is 0. The predicted molar refractivity (Wildman–Crippen MR) is 96.5 cm³/mol. The van der Waals surface area contributed by atoms with E-state index in [0.717, 1.165) is 42.9 Å². The first-order valence-corrected chi connectivity index (χ1v) is 8.09. The Bertz CT molecular complexity index is 679. The highest BCUT2D eigenvalue weighted by atomic mass is 16.2. The summed E-state index contributed by atoms with van der Waals surface area (Å²) in [4.78, 5) is 16.6. The van der Waals surface area contributed by atoms with Crippen LogP contribution in [-0.2, 0) is 6.42 Å². The Morgan fingerprint density at radius 1 is 1.04 bits per heavy atom. The molecule has 0 atom stereocenters. The second-order valence-corrected chi connectivity index (χ2v) is 6.11. The number of anilines is 3. The third-order valence-corrected chi connectivity index (χ3v) is 4.24. The number of carbonyl (C=O) groups excluding carboxylic acids is 1. The Kier molecular flexibility index (Phi) is 4.51. The number of aryl methyl sites for hydroxylation is 1. The van der Waals surface area contributed by atoms with Gasteiger partial charge in [-0.25, -0.2) is 4.79 Å². The minimum Gasteiger partial charge on any atom is -0.378 e. The number of fused-ring (bicyclic) bond motifs is 1. The number of urea groups is 1. The van der Waals surface area contributed by atoms with Crippen LogP contribution < -0.4 is 15.1 Å². The largest absolute Gasteiger partial charge is 0.378 e. The fourth-order valence-corrected chi connectivity index (χ4v) is 2.94. The van der Waals surface area contributed by atoms with Gasteiger partial charge in [0.2, 0.25) is 0 Å². The highest BCUT2D eigenvalue weighted by molar-refractivity contribution is 6.02. The zero-order valence-electron chi connectivity index (χ0n) is 13.7. The molecule has 0 aromatic heterocycles. The topological polar surface area (TPSA) is 35.6 Å². The van der Waals surface area contributed by atoms with Gasteiger partial charge in [-0.1, -0.05) is 18.2 Å². The van der Waals surface area contributed by atoms with Crippen LogP contribution in [0.4, 0.5) is 21.9 Å². The number of nitrogens with one attached hydrogen (secondary N) is 1. The van der Waals surface area contributed by atoms with E-state index < -0.39 is 0 Å². The normalized spacial score (nSPS) is 13.9. The van der Waals surface area contributed by atoms with Crippen molar-refractivity contribution in [1.29, 1.82) is 0 Å². The van der Waals surface area contributed by atoms with Crippen molar-refractivity contribution in [3.05, 3.63) is 54.1 Å². The van der Waals surface area contributed by atoms with Crippen LogP contribution in [0.1, 0.15) is 18.4 Å². The summed E-state index contributed by atoms with van der Waals surface area (Å²) >= 11 is 0. The summed E-state index contributed by atoms with van der Waals surface area (Å²) in [5.41, 5.74) is 4.22. The van der Waals surface area contributed by atoms with E-state index in [4.69, 9.17) is 0 Å².